The van der Waals surface area contributed by atoms with Gasteiger partial charge in [-0.2, -0.15) is 10.4 Å². The van der Waals surface area contributed by atoms with Crippen LogP contribution in [0.25, 0.3) is 11.3 Å². The van der Waals surface area contributed by atoms with Crippen LogP contribution in [0.4, 0.5) is 0 Å². The molecule has 8 nitrogen and oxygen atoms in total. The summed E-state index contributed by atoms with van der Waals surface area (Å²) in [6, 6.07) is 1.99. The maximum atomic E-state index is 11.5. The first-order valence-electron chi connectivity index (χ1n) is 6.25. The molecule has 1 atom stereocenters. The van der Waals surface area contributed by atoms with Crippen molar-refractivity contribution in [2.24, 2.45) is 0 Å². The van der Waals surface area contributed by atoms with Gasteiger partial charge in [-0.3, -0.25) is 13.7 Å². The summed E-state index contributed by atoms with van der Waals surface area (Å²) in [7, 11) is -0.0246. The van der Waals surface area contributed by atoms with Gasteiger partial charge >= 0.3 is 5.97 Å². The molecule has 22 heavy (non-hydrogen) atoms. The Bertz CT molecular complexity index is 765. The lowest BCUT2D eigenvalue weighted by Crippen LogP contribution is -2.07. The highest BCUT2D eigenvalue weighted by molar-refractivity contribution is 7.84. The summed E-state index contributed by atoms with van der Waals surface area (Å²) in [4.78, 5) is 19.2. The van der Waals surface area contributed by atoms with Gasteiger partial charge in [-0.1, -0.05) is 0 Å². The van der Waals surface area contributed by atoms with Gasteiger partial charge in [0.1, 0.15) is 6.07 Å². The van der Waals surface area contributed by atoms with Gasteiger partial charge in [0.05, 0.1) is 48.3 Å². The Labute approximate surface area is 129 Å². The van der Waals surface area contributed by atoms with E-state index in [1.807, 2.05) is 6.07 Å². The molecule has 0 saturated heterocycles. The number of rotatable bonds is 5. The topological polar surface area (TPSA) is 111 Å². The summed E-state index contributed by atoms with van der Waals surface area (Å²) < 4.78 is 17.6. The molecule has 0 aliphatic carbocycles. The van der Waals surface area contributed by atoms with Crippen LogP contribution >= 0.6 is 0 Å². The minimum atomic E-state index is -1.35. The van der Waals surface area contributed by atoms with E-state index in [0.29, 0.717) is 17.8 Å². The van der Waals surface area contributed by atoms with Crippen molar-refractivity contribution in [1.29, 1.82) is 5.26 Å². The lowest BCUT2D eigenvalue weighted by molar-refractivity contribution is -0.140. The summed E-state index contributed by atoms with van der Waals surface area (Å²) >= 11 is 0. The molecule has 0 fully saturated rings. The fourth-order valence-corrected chi connectivity index (χ4v) is 2.14. The molecule has 114 valence electrons. The number of aromatic nitrogens is 4. The standard InChI is InChI=1S/C13H13N5O3S/c1-21-11(19)3-4-18-8-10(7-16-18)12-9(5-14)6-15-13(17-12)22(2)20/h6-8H,3-4H2,1-2H3. The number of carbonyl (C=O) groups is 1. The molecule has 0 aliphatic heterocycles. The molecular weight excluding hydrogens is 306 g/mol. The first-order chi connectivity index (χ1) is 10.5. The summed E-state index contributed by atoms with van der Waals surface area (Å²) in [5.41, 5.74) is 1.23. The van der Waals surface area contributed by atoms with Crippen LogP contribution in [0.1, 0.15) is 12.0 Å². The van der Waals surface area contributed by atoms with Crippen molar-refractivity contribution in [1.82, 2.24) is 19.7 Å². The highest BCUT2D eigenvalue weighted by Crippen LogP contribution is 2.20. The van der Waals surface area contributed by atoms with Gasteiger partial charge in [0.15, 0.2) is 0 Å². The van der Waals surface area contributed by atoms with Crippen molar-refractivity contribution < 1.29 is 13.7 Å². The smallest absolute Gasteiger partial charge is 0.307 e. The van der Waals surface area contributed by atoms with Crippen LogP contribution in [0.3, 0.4) is 0 Å². The van der Waals surface area contributed by atoms with Crippen LogP contribution in [0.5, 0.6) is 0 Å². The average Bonchev–Trinajstić information content (AvgIpc) is 3.00. The molecular formula is C13H13N5O3S. The second kappa shape index (κ2) is 6.91. The number of esters is 1. The molecule has 0 saturated carbocycles. The lowest BCUT2D eigenvalue weighted by atomic mass is 10.1. The van der Waals surface area contributed by atoms with E-state index in [2.05, 4.69) is 19.8 Å². The fraction of sp³-hybridized carbons (Fsp3) is 0.308. The summed E-state index contributed by atoms with van der Waals surface area (Å²) in [6.07, 6.45) is 6.18. The van der Waals surface area contributed by atoms with Crippen molar-refractivity contribution in [2.45, 2.75) is 18.1 Å². The molecule has 0 amide bonds. The van der Waals surface area contributed by atoms with Gasteiger partial charge < -0.3 is 4.74 Å². The minimum absolute atomic E-state index is 0.149. The molecule has 2 heterocycles. The van der Waals surface area contributed by atoms with Crippen LogP contribution in [0.2, 0.25) is 0 Å². The van der Waals surface area contributed by atoms with Crippen LogP contribution in [0, 0.1) is 11.3 Å². The number of carbonyl (C=O) groups excluding carboxylic acids is 1. The largest absolute Gasteiger partial charge is 0.469 e. The monoisotopic (exact) mass is 319 g/mol. The molecule has 2 rings (SSSR count). The number of ether oxygens (including phenoxy) is 1. The maximum absolute atomic E-state index is 11.5. The molecule has 0 bridgehead atoms. The van der Waals surface area contributed by atoms with E-state index in [-0.39, 0.29) is 23.1 Å². The van der Waals surface area contributed by atoms with Crippen molar-refractivity contribution >= 4 is 16.8 Å². The maximum Gasteiger partial charge on any atom is 0.307 e. The van der Waals surface area contributed by atoms with Crippen LogP contribution in [-0.2, 0) is 26.9 Å². The fourth-order valence-electron chi connectivity index (χ4n) is 1.72. The summed E-state index contributed by atoms with van der Waals surface area (Å²) in [6.45, 7) is 0.353. The molecule has 0 N–H and O–H groups in total. The molecule has 0 aliphatic rings. The second-order valence-electron chi connectivity index (χ2n) is 4.30. The minimum Gasteiger partial charge on any atom is -0.469 e. The molecule has 9 heteroatoms. The highest BCUT2D eigenvalue weighted by atomic mass is 32.2. The highest BCUT2D eigenvalue weighted by Gasteiger charge is 2.13. The Kier molecular flexibility index (Phi) is 4.95. The van der Waals surface area contributed by atoms with Gasteiger partial charge in [-0.15, -0.1) is 0 Å². The van der Waals surface area contributed by atoms with E-state index in [0.717, 1.165) is 0 Å². The van der Waals surface area contributed by atoms with E-state index in [1.54, 1.807) is 10.9 Å². The zero-order valence-corrected chi connectivity index (χ0v) is 12.8. The zero-order chi connectivity index (χ0) is 16.1. The van der Waals surface area contributed by atoms with Gasteiger partial charge in [-0.25, -0.2) is 9.97 Å². The molecule has 0 spiro atoms. The third-order valence-electron chi connectivity index (χ3n) is 2.82. The predicted molar refractivity (Wildman–Crippen MR) is 76.9 cm³/mol. The number of nitriles is 1. The predicted octanol–water partition coefficient (Wildman–Crippen LogP) is 0.512. The Balaban J connectivity index is 2.30. The Morgan fingerprint density at radius 1 is 1.50 bits per heavy atom. The first-order valence-corrected chi connectivity index (χ1v) is 7.81. The number of methoxy groups -OCH3 is 1. The average molecular weight is 319 g/mol. The summed E-state index contributed by atoms with van der Waals surface area (Å²) in [5.74, 6) is -0.333. The summed E-state index contributed by atoms with van der Waals surface area (Å²) in [5, 5.41) is 13.4. The van der Waals surface area contributed by atoms with Crippen LogP contribution < -0.4 is 0 Å². The SMILES string of the molecule is COC(=O)CCn1cc(-c2nc(S(C)=O)ncc2C#N)cn1. The van der Waals surface area contributed by atoms with Gasteiger partial charge in [0, 0.05) is 24.2 Å². The third-order valence-corrected chi connectivity index (χ3v) is 3.53. The number of aryl methyl sites for hydroxylation is 1. The Hall–Kier alpha value is -2.60. The van der Waals surface area contributed by atoms with Crippen molar-refractivity contribution in [3.05, 3.63) is 24.2 Å². The second-order valence-corrected chi connectivity index (χ2v) is 5.57. The first kappa shape index (κ1) is 15.8. The van der Waals surface area contributed by atoms with E-state index in [4.69, 9.17) is 5.26 Å². The van der Waals surface area contributed by atoms with Gasteiger partial charge in [0.25, 0.3) is 0 Å². The molecule has 2 aromatic heterocycles. The third kappa shape index (κ3) is 3.53. The number of nitrogens with zero attached hydrogens (tertiary/aromatic N) is 5. The van der Waals surface area contributed by atoms with Crippen LogP contribution in [-0.4, -0.2) is 43.3 Å². The zero-order valence-electron chi connectivity index (χ0n) is 12.0. The van der Waals surface area contributed by atoms with E-state index >= 15 is 0 Å². The molecule has 0 radical (unpaired) electrons. The van der Waals surface area contributed by atoms with E-state index < -0.39 is 10.8 Å². The van der Waals surface area contributed by atoms with Crippen LogP contribution in [0.15, 0.2) is 23.7 Å². The van der Waals surface area contributed by atoms with Crippen molar-refractivity contribution in [3.63, 3.8) is 0 Å². The van der Waals surface area contributed by atoms with Gasteiger partial charge in [0.2, 0.25) is 5.16 Å². The van der Waals surface area contributed by atoms with E-state index in [1.165, 1.54) is 25.8 Å². The molecule has 0 aromatic carbocycles. The quantitative estimate of drug-likeness (QED) is 0.583. The Morgan fingerprint density at radius 2 is 2.27 bits per heavy atom. The number of hydrogen-bond donors (Lipinski definition) is 0. The number of hydrogen-bond acceptors (Lipinski definition) is 7. The Morgan fingerprint density at radius 3 is 2.91 bits per heavy atom. The molecule has 1 unspecified atom stereocenters. The van der Waals surface area contributed by atoms with Crippen molar-refractivity contribution in [2.75, 3.05) is 13.4 Å². The lowest BCUT2D eigenvalue weighted by Gasteiger charge is -2.02. The van der Waals surface area contributed by atoms with Gasteiger partial charge in [-0.05, 0) is 0 Å². The van der Waals surface area contributed by atoms with Crippen molar-refractivity contribution in [3.8, 4) is 17.3 Å². The van der Waals surface area contributed by atoms with E-state index in [9.17, 15) is 9.00 Å². The molecule has 2 aromatic rings. The normalized spacial score (nSPS) is 11.7.